The third kappa shape index (κ3) is 3.21. The van der Waals surface area contributed by atoms with Crippen molar-refractivity contribution >= 4 is 22.5 Å². The SMILES string of the molecule is CC(C)(CCCl)NCc1ccnc2ccccc12. The minimum absolute atomic E-state index is 0.0616. The third-order valence-corrected chi connectivity index (χ3v) is 3.41. The first-order chi connectivity index (χ1) is 8.62. The van der Waals surface area contributed by atoms with Gasteiger partial charge in [0.2, 0.25) is 0 Å². The second kappa shape index (κ2) is 5.68. The summed E-state index contributed by atoms with van der Waals surface area (Å²) in [6.07, 6.45) is 2.82. The van der Waals surface area contributed by atoms with E-state index in [9.17, 15) is 0 Å². The second-order valence-corrected chi connectivity index (χ2v) is 5.54. The van der Waals surface area contributed by atoms with Gasteiger partial charge in [-0.15, -0.1) is 11.6 Å². The zero-order valence-electron chi connectivity index (χ0n) is 10.9. The Hall–Kier alpha value is -1.12. The van der Waals surface area contributed by atoms with Crippen LogP contribution in [0.4, 0.5) is 0 Å². The lowest BCUT2D eigenvalue weighted by Crippen LogP contribution is -2.39. The highest BCUT2D eigenvalue weighted by atomic mass is 35.5. The predicted molar refractivity (Wildman–Crippen MR) is 78.0 cm³/mol. The third-order valence-electron chi connectivity index (χ3n) is 3.22. The van der Waals surface area contributed by atoms with Gasteiger partial charge in [0, 0.05) is 29.5 Å². The molecule has 0 spiro atoms. The standard InChI is InChI=1S/C15H19ClN2/c1-15(2,8-9-16)18-11-12-7-10-17-14-6-4-3-5-13(12)14/h3-7,10,18H,8-9,11H2,1-2H3. The van der Waals surface area contributed by atoms with Gasteiger partial charge in [0.05, 0.1) is 5.52 Å². The Bertz CT molecular complexity index is 517. The minimum atomic E-state index is 0.0616. The molecule has 0 aliphatic rings. The maximum atomic E-state index is 5.81. The Morgan fingerprint density at radius 3 is 2.78 bits per heavy atom. The fourth-order valence-corrected chi connectivity index (χ4v) is 2.44. The number of nitrogens with one attached hydrogen (secondary N) is 1. The van der Waals surface area contributed by atoms with Crippen molar-refractivity contribution in [2.45, 2.75) is 32.4 Å². The molecule has 0 aliphatic heterocycles. The fraction of sp³-hybridized carbons (Fsp3) is 0.400. The van der Waals surface area contributed by atoms with E-state index in [0.29, 0.717) is 5.88 Å². The van der Waals surface area contributed by atoms with Gasteiger partial charge in [-0.2, -0.15) is 0 Å². The molecular weight excluding hydrogens is 244 g/mol. The van der Waals surface area contributed by atoms with Crippen molar-refractivity contribution in [3.05, 3.63) is 42.1 Å². The highest BCUT2D eigenvalue weighted by molar-refractivity contribution is 6.17. The van der Waals surface area contributed by atoms with Crippen molar-refractivity contribution in [2.24, 2.45) is 0 Å². The van der Waals surface area contributed by atoms with Crippen molar-refractivity contribution in [1.29, 1.82) is 0 Å². The number of halogens is 1. The normalized spacial score (nSPS) is 11.9. The largest absolute Gasteiger partial charge is 0.308 e. The van der Waals surface area contributed by atoms with Crippen molar-refractivity contribution in [3.8, 4) is 0 Å². The summed E-state index contributed by atoms with van der Waals surface area (Å²) in [5, 5.41) is 4.77. The predicted octanol–water partition coefficient (Wildman–Crippen LogP) is 3.73. The molecule has 1 N–H and O–H groups in total. The molecule has 0 atom stereocenters. The first kappa shape index (κ1) is 13.3. The van der Waals surface area contributed by atoms with E-state index >= 15 is 0 Å². The summed E-state index contributed by atoms with van der Waals surface area (Å²) in [7, 11) is 0. The van der Waals surface area contributed by atoms with Gasteiger partial charge in [-0.05, 0) is 38.0 Å². The Kier molecular flexibility index (Phi) is 4.20. The van der Waals surface area contributed by atoms with Gasteiger partial charge in [0.25, 0.3) is 0 Å². The maximum absolute atomic E-state index is 5.81. The summed E-state index contributed by atoms with van der Waals surface area (Å²) in [6.45, 7) is 5.20. The Labute approximate surface area is 113 Å². The van der Waals surface area contributed by atoms with Crippen LogP contribution < -0.4 is 5.32 Å². The van der Waals surface area contributed by atoms with Gasteiger partial charge in [0.15, 0.2) is 0 Å². The first-order valence-electron chi connectivity index (χ1n) is 6.26. The summed E-state index contributed by atoms with van der Waals surface area (Å²) in [4.78, 5) is 4.37. The molecule has 96 valence electrons. The number of hydrogen-bond acceptors (Lipinski definition) is 2. The molecule has 2 aromatic rings. The van der Waals surface area contributed by atoms with Crippen LogP contribution in [-0.2, 0) is 6.54 Å². The van der Waals surface area contributed by atoms with E-state index in [4.69, 9.17) is 11.6 Å². The number of aromatic nitrogens is 1. The lowest BCUT2D eigenvalue weighted by atomic mass is 10.0. The molecule has 0 saturated carbocycles. The summed E-state index contributed by atoms with van der Waals surface area (Å²) < 4.78 is 0. The molecule has 2 nitrogen and oxygen atoms in total. The van der Waals surface area contributed by atoms with E-state index in [-0.39, 0.29) is 5.54 Å². The van der Waals surface area contributed by atoms with E-state index in [2.05, 4.69) is 42.3 Å². The number of fused-ring (bicyclic) bond motifs is 1. The number of alkyl halides is 1. The van der Waals surface area contributed by atoms with E-state index < -0.39 is 0 Å². The van der Waals surface area contributed by atoms with Gasteiger partial charge >= 0.3 is 0 Å². The second-order valence-electron chi connectivity index (χ2n) is 5.16. The summed E-state index contributed by atoms with van der Waals surface area (Å²) in [5.41, 5.74) is 2.39. The quantitative estimate of drug-likeness (QED) is 0.831. The van der Waals surface area contributed by atoms with Crippen LogP contribution in [0.5, 0.6) is 0 Å². The number of nitrogens with zero attached hydrogens (tertiary/aromatic N) is 1. The van der Waals surface area contributed by atoms with Crippen LogP contribution in [0.3, 0.4) is 0 Å². The van der Waals surface area contributed by atoms with Crippen molar-refractivity contribution < 1.29 is 0 Å². The Morgan fingerprint density at radius 2 is 2.00 bits per heavy atom. The summed E-state index contributed by atoms with van der Waals surface area (Å²) in [5.74, 6) is 0.678. The lowest BCUT2D eigenvalue weighted by Gasteiger charge is -2.25. The summed E-state index contributed by atoms with van der Waals surface area (Å²) in [6, 6.07) is 10.3. The number of hydrogen-bond donors (Lipinski definition) is 1. The molecule has 1 heterocycles. The van der Waals surface area contributed by atoms with Gasteiger partial charge in [0.1, 0.15) is 0 Å². The van der Waals surface area contributed by atoms with E-state index in [1.165, 1.54) is 10.9 Å². The Morgan fingerprint density at radius 1 is 1.22 bits per heavy atom. The van der Waals surface area contributed by atoms with Gasteiger partial charge < -0.3 is 5.32 Å². The lowest BCUT2D eigenvalue weighted by molar-refractivity contribution is 0.377. The van der Waals surface area contributed by atoms with Crippen LogP contribution >= 0.6 is 11.6 Å². The molecule has 1 aromatic heterocycles. The molecule has 0 radical (unpaired) electrons. The molecule has 0 unspecified atom stereocenters. The molecular formula is C15H19ClN2. The summed E-state index contributed by atoms with van der Waals surface area (Å²) >= 11 is 5.81. The van der Waals surface area contributed by atoms with Crippen molar-refractivity contribution in [1.82, 2.24) is 10.3 Å². The van der Waals surface area contributed by atoms with Crippen LogP contribution in [0, 0.1) is 0 Å². The average Bonchev–Trinajstić information content (AvgIpc) is 2.36. The molecule has 0 bridgehead atoms. The van der Waals surface area contributed by atoms with Crippen molar-refractivity contribution in [3.63, 3.8) is 0 Å². The maximum Gasteiger partial charge on any atom is 0.0705 e. The molecule has 0 aliphatic carbocycles. The highest BCUT2D eigenvalue weighted by Crippen LogP contribution is 2.17. The van der Waals surface area contributed by atoms with Crippen LogP contribution in [0.2, 0.25) is 0 Å². The molecule has 3 heteroatoms. The number of pyridine rings is 1. The van der Waals surface area contributed by atoms with Crippen LogP contribution in [-0.4, -0.2) is 16.4 Å². The average molecular weight is 263 g/mol. The number of benzene rings is 1. The molecule has 2 rings (SSSR count). The zero-order chi connectivity index (χ0) is 13.0. The molecule has 1 aromatic carbocycles. The van der Waals surface area contributed by atoms with E-state index in [1.807, 2.05) is 18.3 Å². The number of rotatable bonds is 5. The van der Waals surface area contributed by atoms with Gasteiger partial charge in [-0.25, -0.2) is 0 Å². The zero-order valence-corrected chi connectivity index (χ0v) is 11.7. The smallest absolute Gasteiger partial charge is 0.0705 e. The topological polar surface area (TPSA) is 24.9 Å². The minimum Gasteiger partial charge on any atom is -0.308 e. The van der Waals surface area contributed by atoms with Crippen LogP contribution in [0.1, 0.15) is 25.8 Å². The molecule has 0 amide bonds. The first-order valence-corrected chi connectivity index (χ1v) is 6.79. The van der Waals surface area contributed by atoms with Gasteiger partial charge in [-0.3, -0.25) is 4.98 Å². The van der Waals surface area contributed by atoms with Crippen molar-refractivity contribution in [2.75, 3.05) is 5.88 Å². The van der Waals surface area contributed by atoms with E-state index in [0.717, 1.165) is 18.5 Å². The highest BCUT2D eigenvalue weighted by Gasteiger charge is 2.16. The molecule has 0 saturated heterocycles. The monoisotopic (exact) mass is 262 g/mol. The van der Waals surface area contributed by atoms with Gasteiger partial charge in [-0.1, -0.05) is 18.2 Å². The van der Waals surface area contributed by atoms with Crippen LogP contribution in [0.25, 0.3) is 10.9 Å². The molecule has 0 fully saturated rings. The number of para-hydroxylation sites is 1. The Balaban J connectivity index is 2.17. The van der Waals surface area contributed by atoms with E-state index in [1.54, 1.807) is 0 Å². The fourth-order valence-electron chi connectivity index (χ4n) is 1.97. The van der Waals surface area contributed by atoms with Crippen LogP contribution in [0.15, 0.2) is 36.5 Å². The molecule has 18 heavy (non-hydrogen) atoms.